The summed E-state index contributed by atoms with van der Waals surface area (Å²) in [6, 6.07) is 11.5. The second-order valence-corrected chi connectivity index (χ2v) is 7.95. The second kappa shape index (κ2) is 8.16. The van der Waals surface area contributed by atoms with E-state index >= 15 is 0 Å². The van der Waals surface area contributed by atoms with Crippen LogP contribution < -0.4 is 19.7 Å². The van der Waals surface area contributed by atoms with Gasteiger partial charge in [-0.15, -0.1) is 0 Å². The summed E-state index contributed by atoms with van der Waals surface area (Å²) in [5, 5.41) is 3.96. The fourth-order valence-electron chi connectivity index (χ4n) is 3.35. The molecule has 0 spiro atoms. The molecular weight excluding hydrogens is 388 g/mol. The molecule has 152 valence electrons. The van der Waals surface area contributed by atoms with Crippen LogP contribution in [0.2, 0.25) is 0 Å². The lowest BCUT2D eigenvalue weighted by Gasteiger charge is -2.34. The molecule has 0 atom stereocenters. The van der Waals surface area contributed by atoms with E-state index in [9.17, 15) is 4.79 Å². The standard InChI is InChI=1S/C21H24N4O3S/c1-14-4-6-17-19(12-14)29-21(23-17)25-10-8-24(9-11-25)20(26)22-16-7-5-15(27-2)13-18(16)28-3/h4-7,12-13H,8-11H2,1-3H3,(H,22,26). The third kappa shape index (κ3) is 4.07. The molecule has 7 nitrogen and oxygen atoms in total. The number of benzene rings is 2. The number of amides is 2. The lowest BCUT2D eigenvalue weighted by molar-refractivity contribution is 0.208. The van der Waals surface area contributed by atoms with Crippen LogP contribution in [0.4, 0.5) is 15.6 Å². The van der Waals surface area contributed by atoms with E-state index in [1.807, 2.05) is 4.90 Å². The zero-order valence-corrected chi connectivity index (χ0v) is 17.6. The minimum atomic E-state index is -0.131. The number of aryl methyl sites for hydroxylation is 1. The maximum atomic E-state index is 12.7. The molecule has 1 N–H and O–H groups in total. The summed E-state index contributed by atoms with van der Waals surface area (Å²) in [4.78, 5) is 21.5. The molecule has 1 aliphatic heterocycles. The van der Waals surface area contributed by atoms with Gasteiger partial charge in [0.25, 0.3) is 0 Å². The number of nitrogens with one attached hydrogen (secondary N) is 1. The first kappa shape index (κ1) is 19.3. The van der Waals surface area contributed by atoms with Crippen molar-refractivity contribution in [1.29, 1.82) is 0 Å². The summed E-state index contributed by atoms with van der Waals surface area (Å²) in [5.41, 5.74) is 2.90. The van der Waals surface area contributed by atoms with E-state index in [1.165, 1.54) is 10.3 Å². The van der Waals surface area contributed by atoms with Gasteiger partial charge in [-0.3, -0.25) is 0 Å². The van der Waals surface area contributed by atoms with Gasteiger partial charge in [-0.1, -0.05) is 17.4 Å². The van der Waals surface area contributed by atoms with Gasteiger partial charge in [0, 0.05) is 32.2 Å². The zero-order chi connectivity index (χ0) is 20.4. The molecule has 1 fully saturated rings. The number of hydrogen-bond donors (Lipinski definition) is 1. The molecule has 2 heterocycles. The molecule has 1 aromatic heterocycles. The highest BCUT2D eigenvalue weighted by Crippen LogP contribution is 2.31. The summed E-state index contributed by atoms with van der Waals surface area (Å²) < 4.78 is 11.8. The summed E-state index contributed by atoms with van der Waals surface area (Å²) in [5.74, 6) is 1.25. The molecule has 0 unspecified atom stereocenters. The Bertz CT molecular complexity index is 1030. The Kier molecular flexibility index (Phi) is 5.44. The van der Waals surface area contributed by atoms with Gasteiger partial charge >= 0.3 is 6.03 Å². The fraction of sp³-hybridized carbons (Fsp3) is 0.333. The quantitative estimate of drug-likeness (QED) is 0.702. The number of thiazole rings is 1. The maximum Gasteiger partial charge on any atom is 0.322 e. The minimum absolute atomic E-state index is 0.131. The van der Waals surface area contributed by atoms with Crippen molar-refractivity contribution >= 4 is 38.4 Å². The van der Waals surface area contributed by atoms with Gasteiger partial charge in [0.2, 0.25) is 0 Å². The summed E-state index contributed by atoms with van der Waals surface area (Å²) >= 11 is 1.71. The van der Waals surface area contributed by atoms with Crippen molar-refractivity contribution in [3.05, 3.63) is 42.0 Å². The Hall–Kier alpha value is -3.00. The van der Waals surface area contributed by atoms with Crippen molar-refractivity contribution in [2.75, 3.05) is 50.6 Å². The van der Waals surface area contributed by atoms with E-state index in [-0.39, 0.29) is 6.03 Å². The third-order valence-electron chi connectivity index (χ3n) is 5.02. The first-order valence-corrected chi connectivity index (χ1v) is 10.3. The number of ether oxygens (including phenoxy) is 2. The van der Waals surface area contributed by atoms with Gasteiger partial charge in [-0.2, -0.15) is 0 Å². The average Bonchev–Trinajstić information content (AvgIpc) is 3.17. The van der Waals surface area contributed by atoms with Gasteiger partial charge in [0.05, 0.1) is 30.1 Å². The van der Waals surface area contributed by atoms with Crippen LogP contribution in [0.25, 0.3) is 10.2 Å². The van der Waals surface area contributed by atoms with E-state index in [2.05, 4.69) is 35.3 Å². The van der Waals surface area contributed by atoms with Gasteiger partial charge in [-0.25, -0.2) is 9.78 Å². The molecule has 29 heavy (non-hydrogen) atoms. The minimum Gasteiger partial charge on any atom is -0.497 e. The third-order valence-corrected chi connectivity index (χ3v) is 6.10. The van der Waals surface area contributed by atoms with Crippen LogP contribution in [-0.2, 0) is 0 Å². The Balaban J connectivity index is 1.39. The monoisotopic (exact) mass is 412 g/mol. The molecule has 1 aliphatic rings. The summed E-state index contributed by atoms with van der Waals surface area (Å²) in [6.45, 7) is 4.88. The van der Waals surface area contributed by atoms with Crippen molar-refractivity contribution in [1.82, 2.24) is 9.88 Å². The number of rotatable bonds is 4. The van der Waals surface area contributed by atoms with Crippen molar-refractivity contribution in [2.24, 2.45) is 0 Å². The van der Waals surface area contributed by atoms with E-state index in [1.54, 1.807) is 43.8 Å². The number of anilines is 2. The Morgan fingerprint density at radius 3 is 2.59 bits per heavy atom. The predicted octanol–water partition coefficient (Wildman–Crippen LogP) is 3.98. The van der Waals surface area contributed by atoms with Crippen LogP contribution in [-0.4, -0.2) is 56.3 Å². The maximum absolute atomic E-state index is 12.7. The lowest BCUT2D eigenvalue weighted by Crippen LogP contribution is -2.50. The number of urea groups is 1. The second-order valence-electron chi connectivity index (χ2n) is 6.94. The number of hydrogen-bond acceptors (Lipinski definition) is 6. The lowest BCUT2D eigenvalue weighted by atomic mass is 10.2. The van der Waals surface area contributed by atoms with Crippen LogP contribution in [0.5, 0.6) is 11.5 Å². The number of piperazine rings is 1. The molecular formula is C21H24N4O3S. The SMILES string of the molecule is COc1ccc(NC(=O)N2CCN(c3nc4ccc(C)cc4s3)CC2)c(OC)c1. The smallest absolute Gasteiger partial charge is 0.322 e. The van der Waals surface area contributed by atoms with E-state index in [0.29, 0.717) is 30.3 Å². The van der Waals surface area contributed by atoms with Gasteiger partial charge in [-0.05, 0) is 36.8 Å². The molecule has 0 bridgehead atoms. The van der Waals surface area contributed by atoms with Gasteiger partial charge < -0.3 is 24.6 Å². The molecule has 1 saturated heterocycles. The molecule has 2 aromatic carbocycles. The van der Waals surface area contributed by atoms with E-state index in [4.69, 9.17) is 14.5 Å². The average molecular weight is 413 g/mol. The zero-order valence-electron chi connectivity index (χ0n) is 16.8. The molecule has 0 aliphatic carbocycles. The van der Waals surface area contributed by atoms with Crippen molar-refractivity contribution in [3.8, 4) is 11.5 Å². The number of methoxy groups -OCH3 is 2. The summed E-state index contributed by atoms with van der Waals surface area (Å²) in [6.07, 6.45) is 0. The number of carbonyl (C=O) groups excluding carboxylic acids is 1. The number of nitrogens with zero attached hydrogens (tertiary/aromatic N) is 3. The number of carbonyl (C=O) groups is 1. The normalized spacial score (nSPS) is 14.2. The fourth-order valence-corrected chi connectivity index (χ4v) is 4.47. The largest absolute Gasteiger partial charge is 0.497 e. The van der Waals surface area contributed by atoms with E-state index < -0.39 is 0 Å². The molecule has 2 amide bonds. The van der Waals surface area contributed by atoms with Crippen molar-refractivity contribution in [2.45, 2.75) is 6.92 Å². The van der Waals surface area contributed by atoms with Gasteiger partial charge in [0.1, 0.15) is 11.5 Å². The topological polar surface area (TPSA) is 66.9 Å². The van der Waals surface area contributed by atoms with Crippen molar-refractivity contribution in [3.63, 3.8) is 0 Å². The molecule has 8 heteroatoms. The molecule has 3 aromatic rings. The highest BCUT2D eigenvalue weighted by molar-refractivity contribution is 7.22. The van der Waals surface area contributed by atoms with Crippen LogP contribution >= 0.6 is 11.3 Å². The van der Waals surface area contributed by atoms with Crippen LogP contribution in [0.1, 0.15) is 5.56 Å². The first-order chi connectivity index (χ1) is 14.1. The van der Waals surface area contributed by atoms with Crippen LogP contribution in [0.15, 0.2) is 36.4 Å². The Morgan fingerprint density at radius 1 is 1.07 bits per heavy atom. The number of aromatic nitrogens is 1. The van der Waals surface area contributed by atoms with E-state index in [0.717, 1.165) is 23.7 Å². The Morgan fingerprint density at radius 2 is 1.86 bits per heavy atom. The molecule has 0 saturated carbocycles. The highest BCUT2D eigenvalue weighted by Gasteiger charge is 2.24. The van der Waals surface area contributed by atoms with Crippen LogP contribution in [0, 0.1) is 6.92 Å². The summed E-state index contributed by atoms with van der Waals surface area (Å²) in [7, 11) is 3.17. The number of fused-ring (bicyclic) bond motifs is 1. The Labute approximate surface area is 173 Å². The molecule has 0 radical (unpaired) electrons. The van der Waals surface area contributed by atoms with Gasteiger partial charge in [0.15, 0.2) is 5.13 Å². The first-order valence-electron chi connectivity index (χ1n) is 9.47. The molecule has 4 rings (SSSR count). The van der Waals surface area contributed by atoms with Crippen molar-refractivity contribution < 1.29 is 14.3 Å². The van der Waals surface area contributed by atoms with Crippen LogP contribution in [0.3, 0.4) is 0 Å². The predicted molar refractivity (Wildman–Crippen MR) is 117 cm³/mol. The highest BCUT2D eigenvalue weighted by atomic mass is 32.1.